The lowest BCUT2D eigenvalue weighted by Crippen LogP contribution is -2.41. The molecule has 0 spiro atoms. The van der Waals surface area contributed by atoms with Crippen LogP contribution in [0.15, 0.2) is 61.1 Å². The van der Waals surface area contributed by atoms with Gasteiger partial charge >= 0.3 is 0 Å². The maximum Gasteiger partial charge on any atom is 0.257 e. The Bertz CT molecular complexity index is 930. The highest BCUT2D eigenvalue weighted by molar-refractivity contribution is 6.04. The second kappa shape index (κ2) is 6.51. The first-order chi connectivity index (χ1) is 12.6. The number of amides is 2. The van der Waals surface area contributed by atoms with Crippen LogP contribution in [0.1, 0.15) is 16.8 Å². The SMILES string of the molecule is Cn1ncc(C(=O)N[C@@H]2CCN(c3ccccc3)C2=O)c1-n1cccc1. The first-order valence-electron chi connectivity index (χ1n) is 8.48. The van der Waals surface area contributed by atoms with E-state index in [9.17, 15) is 9.59 Å². The molecule has 7 heteroatoms. The molecule has 0 unspecified atom stereocenters. The predicted octanol–water partition coefficient (Wildman–Crippen LogP) is 1.75. The highest BCUT2D eigenvalue weighted by Gasteiger charge is 2.34. The number of carbonyl (C=O) groups excluding carboxylic acids is 2. The number of carbonyl (C=O) groups is 2. The summed E-state index contributed by atoms with van der Waals surface area (Å²) in [5.74, 6) is 0.281. The standard InChI is InChI=1S/C19H19N5O2/c1-22-18(23-10-5-6-11-23)15(13-20-22)17(25)21-16-9-12-24(19(16)26)14-7-3-2-4-8-14/h2-8,10-11,13,16H,9,12H2,1H3,(H,21,25)/t16-/m1/s1. The third-order valence-electron chi connectivity index (χ3n) is 4.58. The summed E-state index contributed by atoms with van der Waals surface area (Å²) in [5, 5.41) is 7.05. The van der Waals surface area contributed by atoms with Crippen LogP contribution in [-0.2, 0) is 11.8 Å². The monoisotopic (exact) mass is 349 g/mol. The summed E-state index contributed by atoms with van der Waals surface area (Å²) >= 11 is 0. The van der Waals surface area contributed by atoms with Gasteiger partial charge in [0.25, 0.3) is 5.91 Å². The summed E-state index contributed by atoms with van der Waals surface area (Å²) in [4.78, 5) is 27.2. The van der Waals surface area contributed by atoms with Crippen LogP contribution in [0.3, 0.4) is 0 Å². The number of rotatable bonds is 4. The lowest BCUT2D eigenvalue weighted by Gasteiger charge is -2.17. The first kappa shape index (κ1) is 16.1. The van der Waals surface area contributed by atoms with E-state index in [1.807, 2.05) is 59.4 Å². The van der Waals surface area contributed by atoms with Crippen molar-refractivity contribution in [3.63, 3.8) is 0 Å². The molecule has 1 atom stereocenters. The van der Waals surface area contributed by atoms with Crippen molar-refractivity contribution in [2.75, 3.05) is 11.4 Å². The summed E-state index contributed by atoms with van der Waals surface area (Å²) in [6.45, 7) is 0.589. The summed E-state index contributed by atoms with van der Waals surface area (Å²) < 4.78 is 3.47. The van der Waals surface area contributed by atoms with Crippen LogP contribution >= 0.6 is 0 Å². The van der Waals surface area contributed by atoms with Gasteiger partial charge in [-0.3, -0.25) is 14.3 Å². The van der Waals surface area contributed by atoms with E-state index in [1.54, 1.807) is 16.6 Å². The number of aromatic nitrogens is 3. The molecule has 2 aromatic heterocycles. The van der Waals surface area contributed by atoms with Gasteiger partial charge in [-0.1, -0.05) is 18.2 Å². The fraction of sp³-hybridized carbons (Fsp3) is 0.211. The molecule has 3 aromatic rings. The Hall–Kier alpha value is -3.35. The lowest BCUT2D eigenvalue weighted by atomic mass is 10.2. The summed E-state index contributed by atoms with van der Waals surface area (Å²) in [6.07, 6.45) is 5.81. The zero-order chi connectivity index (χ0) is 18.1. The smallest absolute Gasteiger partial charge is 0.257 e. The van der Waals surface area contributed by atoms with E-state index in [1.165, 1.54) is 6.20 Å². The van der Waals surface area contributed by atoms with Gasteiger partial charge in [-0.15, -0.1) is 0 Å². The Balaban J connectivity index is 1.52. The van der Waals surface area contributed by atoms with Crippen LogP contribution in [-0.4, -0.2) is 38.7 Å². The molecule has 2 amide bonds. The van der Waals surface area contributed by atoms with Gasteiger partial charge in [-0.05, 0) is 30.7 Å². The number of nitrogens with one attached hydrogen (secondary N) is 1. The van der Waals surface area contributed by atoms with E-state index in [2.05, 4.69) is 10.4 Å². The molecule has 1 saturated heterocycles. The van der Waals surface area contributed by atoms with Crippen molar-refractivity contribution < 1.29 is 9.59 Å². The molecule has 1 aromatic carbocycles. The van der Waals surface area contributed by atoms with Gasteiger partial charge in [0.15, 0.2) is 0 Å². The van der Waals surface area contributed by atoms with Crippen LogP contribution in [0.5, 0.6) is 0 Å². The normalized spacial score (nSPS) is 16.9. The number of benzene rings is 1. The van der Waals surface area contributed by atoms with Crippen molar-refractivity contribution in [3.05, 3.63) is 66.6 Å². The fourth-order valence-electron chi connectivity index (χ4n) is 3.29. The minimum Gasteiger partial charge on any atom is -0.340 e. The molecule has 0 bridgehead atoms. The molecule has 3 heterocycles. The molecule has 4 rings (SSSR count). The van der Waals surface area contributed by atoms with E-state index in [0.29, 0.717) is 24.3 Å². The molecule has 0 saturated carbocycles. The zero-order valence-electron chi connectivity index (χ0n) is 14.4. The molecule has 1 N–H and O–H groups in total. The zero-order valence-corrected chi connectivity index (χ0v) is 14.4. The average molecular weight is 349 g/mol. The summed E-state index contributed by atoms with van der Waals surface area (Å²) in [5.41, 5.74) is 1.29. The average Bonchev–Trinajstić information content (AvgIpc) is 3.37. The topological polar surface area (TPSA) is 72.2 Å². The molecule has 1 aliphatic rings. The molecule has 1 aliphatic heterocycles. The van der Waals surface area contributed by atoms with Crippen LogP contribution in [0.2, 0.25) is 0 Å². The van der Waals surface area contributed by atoms with Gasteiger partial charge in [0.2, 0.25) is 5.91 Å². The first-order valence-corrected chi connectivity index (χ1v) is 8.48. The van der Waals surface area contributed by atoms with Gasteiger partial charge in [0.1, 0.15) is 17.4 Å². The summed E-state index contributed by atoms with van der Waals surface area (Å²) in [7, 11) is 1.78. The van der Waals surface area contributed by atoms with E-state index in [4.69, 9.17) is 0 Å². The second-order valence-electron chi connectivity index (χ2n) is 6.24. The molecular weight excluding hydrogens is 330 g/mol. The summed E-state index contributed by atoms with van der Waals surface area (Å²) in [6, 6.07) is 12.7. The van der Waals surface area contributed by atoms with Crippen LogP contribution < -0.4 is 10.2 Å². The third kappa shape index (κ3) is 2.77. The van der Waals surface area contributed by atoms with E-state index >= 15 is 0 Å². The minimum absolute atomic E-state index is 0.0871. The maximum atomic E-state index is 12.8. The Kier molecular flexibility index (Phi) is 4.04. The molecule has 7 nitrogen and oxygen atoms in total. The molecule has 0 radical (unpaired) electrons. The van der Waals surface area contributed by atoms with Gasteiger partial charge < -0.3 is 14.8 Å². The van der Waals surface area contributed by atoms with E-state index in [0.717, 1.165) is 5.69 Å². The largest absolute Gasteiger partial charge is 0.340 e. The van der Waals surface area contributed by atoms with Crippen molar-refractivity contribution >= 4 is 17.5 Å². The minimum atomic E-state index is -0.527. The highest BCUT2D eigenvalue weighted by Crippen LogP contribution is 2.22. The Morgan fingerprint density at radius 3 is 2.62 bits per heavy atom. The molecule has 132 valence electrons. The van der Waals surface area contributed by atoms with E-state index < -0.39 is 6.04 Å². The number of nitrogens with zero attached hydrogens (tertiary/aromatic N) is 4. The highest BCUT2D eigenvalue weighted by atomic mass is 16.2. The van der Waals surface area contributed by atoms with Crippen molar-refractivity contribution in [1.29, 1.82) is 0 Å². The van der Waals surface area contributed by atoms with Crippen LogP contribution in [0.4, 0.5) is 5.69 Å². The van der Waals surface area contributed by atoms with Crippen molar-refractivity contribution in [2.24, 2.45) is 7.05 Å². The lowest BCUT2D eigenvalue weighted by molar-refractivity contribution is -0.118. The number of anilines is 1. The Labute approximate surface area is 150 Å². The van der Waals surface area contributed by atoms with Gasteiger partial charge in [0.05, 0.1) is 6.20 Å². The Morgan fingerprint density at radius 1 is 1.15 bits per heavy atom. The van der Waals surface area contributed by atoms with E-state index in [-0.39, 0.29) is 11.8 Å². The number of para-hydroxylation sites is 1. The van der Waals surface area contributed by atoms with Crippen molar-refractivity contribution in [3.8, 4) is 5.82 Å². The van der Waals surface area contributed by atoms with Crippen LogP contribution in [0.25, 0.3) is 5.82 Å². The third-order valence-corrected chi connectivity index (χ3v) is 4.58. The van der Waals surface area contributed by atoms with Crippen LogP contribution in [0, 0.1) is 0 Å². The molecular formula is C19H19N5O2. The predicted molar refractivity (Wildman–Crippen MR) is 97.2 cm³/mol. The number of aryl methyl sites for hydroxylation is 1. The van der Waals surface area contributed by atoms with Gasteiger partial charge in [-0.25, -0.2) is 0 Å². The number of hydrogen-bond donors (Lipinski definition) is 1. The number of hydrogen-bond acceptors (Lipinski definition) is 3. The Morgan fingerprint density at radius 2 is 1.88 bits per heavy atom. The van der Waals surface area contributed by atoms with Crippen molar-refractivity contribution in [2.45, 2.75) is 12.5 Å². The van der Waals surface area contributed by atoms with Crippen molar-refractivity contribution in [1.82, 2.24) is 19.7 Å². The molecule has 26 heavy (non-hydrogen) atoms. The van der Waals surface area contributed by atoms with Gasteiger partial charge in [-0.2, -0.15) is 5.10 Å². The van der Waals surface area contributed by atoms with Gasteiger partial charge in [0, 0.05) is 31.7 Å². The fourth-order valence-corrected chi connectivity index (χ4v) is 3.29. The quantitative estimate of drug-likeness (QED) is 0.780. The second-order valence-corrected chi connectivity index (χ2v) is 6.24. The molecule has 1 fully saturated rings. The molecule has 0 aliphatic carbocycles. The maximum absolute atomic E-state index is 12.8.